The van der Waals surface area contributed by atoms with Gasteiger partial charge < -0.3 is 14.8 Å². The van der Waals surface area contributed by atoms with Crippen LogP contribution in [-0.2, 0) is 0 Å². The molecule has 0 saturated heterocycles. The summed E-state index contributed by atoms with van der Waals surface area (Å²) in [6.45, 7) is 2.96. The Morgan fingerprint density at radius 3 is 2.67 bits per heavy atom. The molecule has 0 spiro atoms. The highest BCUT2D eigenvalue weighted by molar-refractivity contribution is 5.38. The summed E-state index contributed by atoms with van der Waals surface area (Å²) in [5.74, 6) is 1.89. The van der Waals surface area contributed by atoms with Crippen LogP contribution in [-0.4, -0.2) is 13.7 Å². The Morgan fingerprint density at radius 2 is 1.90 bits per heavy atom. The number of para-hydroxylation sites is 1. The molecule has 110 valence electrons. The van der Waals surface area contributed by atoms with E-state index in [1.165, 1.54) is 11.1 Å². The zero-order chi connectivity index (χ0) is 14.7. The predicted molar refractivity (Wildman–Crippen MR) is 83.8 cm³/mol. The van der Waals surface area contributed by atoms with Crippen LogP contribution in [0.15, 0.2) is 48.5 Å². The standard InChI is InChI=1S/C18H21NO2/c1-13(14-7-9-15(20-2)10-8-14)19-17-11-12-21-18-6-4-3-5-16(17)18/h3-10,13,17,19H,11-12H2,1-2H3/t13-,17?/m0/s1. The maximum Gasteiger partial charge on any atom is 0.124 e. The van der Waals surface area contributed by atoms with Gasteiger partial charge in [0, 0.05) is 24.1 Å². The lowest BCUT2D eigenvalue weighted by molar-refractivity contribution is 0.246. The molecule has 1 aliphatic heterocycles. The molecule has 2 atom stereocenters. The molecule has 0 bridgehead atoms. The van der Waals surface area contributed by atoms with Gasteiger partial charge >= 0.3 is 0 Å². The highest BCUT2D eigenvalue weighted by atomic mass is 16.5. The summed E-state index contributed by atoms with van der Waals surface area (Å²) in [5, 5.41) is 3.71. The van der Waals surface area contributed by atoms with Crippen LogP contribution >= 0.6 is 0 Å². The lowest BCUT2D eigenvalue weighted by atomic mass is 9.98. The minimum atomic E-state index is 0.284. The lowest BCUT2D eigenvalue weighted by Crippen LogP contribution is -2.29. The van der Waals surface area contributed by atoms with Gasteiger partial charge in [-0.2, -0.15) is 0 Å². The molecular formula is C18H21NO2. The third kappa shape index (κ3) is 3.03. The highest BCUT2D eigenvalue weighted by Crippen LogP contribution is 2.33. The Labute approximate surface area is 125 Å². The van der Waals surface area contributed by atoms with Crippen LogP contribution in [0, 0.1) is 0 Å². The van der Waals surface area contributed by atoms with Crippen molar-refractivity contribution in [3.05, 3.63) is 59.7 Å². The first-order valence-corrected chi connectivity index (χ1v) is 7.39. The number of rotatable bonds is 4. The Morgan fingerprint density at radius 1 is 1.14 bits per heavy atom. The van der Waals surface area contributed by atoms with E-state index in [-0.39, 0.29) is 6.04 Å². The van der Waals surface area contributed by atoms with Gasteiger partial charge in [-0.1, -0.05) is 30.3 Å². The average molecular weight is 283 g/mol. The SMILES string of the molecule is COc1ccc([C@H](C)NC2CCOc3ccccc32)cc1. The molecule has 0 aliphatic carbocycles. The molecule has 0 radical (unpaired) electrons. The number of methoxy groups -OCH3 is 1. The summed E-state index contributed by atoms with van der Waals surface area (Å²) in [4.78, 5) is 0. The molecule has 1 unspecified atom stereocenters. The van der Waals surface area contributed by atoms with Crippen molar-refractivity contribution in [3.63, 3.8) is 0 Å². The topological polar surface area (TPSA) is 30.5 Å². The Kier molecular flexibility index (Phi) is 4.11. The van der Waals surface area contributed by atoms with Gasteiger partial charge in [0.05, 0.1) is 13.7 Å². The van der Waals surface area contributed by atoms with Crippen LogP contribution < -0.4 is 14.8 Å². The third-order valence-corrected chi connectivity index (χ3v) is 4.03. The van der Waals surface area contributed by atoms with Crippen molar-refractivity contribution in [1.29, 1.82) is 0 Å². The molecule has 21 heavy (non-hydrogen) atoms. The van der Waals surface area contributed by atoms with Crippen LogP contribution in [0.5, 0.6) is 11.5 Å². The monoisotopic (exact) mass is 283 g/mol. The van der Waals surface area contributed by atoms with Crippen LogP contribution in [0.1, 0.15) is 36.6 Å². The van der Waals surface area contributed by atoms with Crippen molar-refractivity contribution >= 4 is 0 Å². The summed E-state index contributed by atoms with van der Waals surface area (Å²) in [7, 11) is 1.69. The molecule has 1 aliphatic rings. The normalized spacial score (nSPS) is 18.5. The van der Waals surface area contributed by atoms with Crippen molar-refractivity contribution in [2.45, 2.75) is 25.4 Å². The van der Waals surface area contributed by atoms with Crippen molar-refractivity contribution in [2.75, 3.05) is 13.7 Å². The zero-order valence-corrected chi connectivity index (χ0v) is 12.5. The van der Waals surface area contributed by atoms with Gasteiger partial charge in [0.2, 0.25) is 0 Å². The number of nitrogens with one attached hydrogen (secondary N) is 1. The van der Waals surface area contributed by atoms with Crippen LogP contribution in [0.4, 0.5) is 0 Å². The molecule has 2 aromatic carbocycles. The number of benzene rings is 2. The maximum absolute atomic E-state index is 5.71. The zero-order valence-electron chi connectivity index (χ0n) is 12.5. The van der Waals surface area contributed by atoms with E-state index in [0.717, 1.165) is 24.5 Å². The van der Waals surface area contributed by atoms with E-state index in [9.17, 15) is 0 Å². The second-order valence-electron chi connectivity index (χ2n) is 5.39. The van der Waals surface area contributed by atoms with Gasteiger partial charge in [-0.05, 0) is 30.7 Å². The summed E-state index contributed by atoms with van der Waals surface area (Å²) < 4.78 is 10.9. The Bertz CT molecular complexity index is 594. The van der Waals surface area contributed by atoms with Gasteiger partial charge in [0.25, 0.3) is 0 Å². The van der Waals surface area contributed by atoms with E-state index in [4.69, 9.17) is 9.47 Å². The predicted octanol–water partition coefficient (Wildman–Crippen LogP) is 3.87. The first-order chi connectivity index (χ1) is 10.3. The first-order valence-electron chi connectivity index (χ1n) is 7.39. The van der Waals surface area contributed by atoms with E-state index in [1.54, 1.807) is 7.11 Å². The molecule has 1 N–H and O–H groups in total. The number of fused-ring (bicyclic) bond motifs is 1. The molecule has 0 aromatic heterocycles. The van der Waals surface area contributed by atoms with Gasteiger partial charge in [-0.25, -0.2) is 0 Å². The van der Waals surface area contributed by atoms with Crippen molar-refractivity contribution in [3.8, 4) is 11.5 Å². The molecule has 1 heterocycles. The molecule has 0 amide bonds. The molecule has 2 aromatic rings. The van der Waals surface area contributed by atoms with Crippen molar-refractivity contribution in [1.82, 2.24) is 5.32 Å². The number of hydrogen-bond acceptors (Lipinski definition) is 3. The average Bonchev–Trinajstić information content (AvgIpc) is 2.55. The fraction of sp³-hybridized carbons (Fsp3) is 0.333. The van der Waals surface area contributed by atoms with Gasteiger partial charge in [-0.15, -0.1) is 0 Å². The highest BCUT2D eigenvalue weighted by Gasteiger charge is 2.22. The molecule has 3 nitrogen and oxygen atoms in total. The van der Waals surface area contributed by atoms with E-state index >= 15 is 0 Å². The molecule has 0 saturated carbocycles. The van der Waals surface area contributed by atoms with Gasteiger partial charge in [0.1, 0.15) is 11.5 Å². The maximum atomic E-state index is 5.71. The summed E-state index contributed by atoms with van der Waals surface area (Å²) in [5.41, 5.74) is 2.52. The quantitative estimate of drug-likeness (QED) is 0.924. The minimum Gasteiger partial charge on any atom is -0.497 e. The number of ether oxygens (including phenoxy) is 2. The van der Waals surface area contributed by atoms with Crippen LogP contribution in [0.2, 0.25) is 0 Å². The smallest absolute Gasteiger partial charge is 0.124 e. The fourth-order valence-corrected chi connectivity index (χ4v) is 2.81. The van der Waals surface area contributed by atoms with E-state index in [2.05, 4.69) is 36.5 Å². The van der Waals surface area contributed by atoms with Crippen molar-refractivity contribution in [2.24, 2.45) is 0 Å². The second-order valence-corrected chi connectivity index (χ2v) is 5.39. The Hall–Kier alpha value is -2.00. The molecule has 3 heteroatoms. The summed E-state index contributed by atoms with van der Waals surface area (Å²) in [6, 6.07) is 17.1. The summed E-state index contributed by atoms with van der Waals surface area (Å²) in [6.07, 6.45) is 0.998. The van der Waals surface area contributed by atoms with Crippen molar-refractivity contribution < 1.29 is 9.47 Å². The van der Waals surface area contributed by atoms with E-state index in [1.807, 2.05) is 24.3 Å². The van der Waals surface area contributed by atoms with Crippen LogP contribution in [0.25, 0.3) is 0 Å². The van der Waals surface area contributed by atoms with E-state index in [0.29, 0.717) is 6.04 Å². The third-order valence-electron chi connectivity index (χ3n) is 4.03. The fourth-order valence-electron chi connectivity index (χ4n) is 2.81. The van der Waals surface area contributed by atoms with E-state index < -0.39 is 0 Å². The number of hydrogen-bond donors (Lipinski definition) is 1. The van der Waals surface area contributed by atoms with Gasteiger partial charge in [0.15, 0.2) is 0 Å². The molecular weight excluding hydrogens is 262 g/mol. The van der Waals surface area contributed by atoms with Crippen LogP contribution in [0.3, 0.4) is 0 Å². The Balaban J connectivity index is 1.74. The molecule has 3 rings (SSSR count). The minimum absolute atomic E-state index is 0.284. The summed E-state index contributed by atoms with van der Waals surface area (Å²) >= 11 is 0. The van der Waals surface area contributed by atoms with Gasteiger partial charge in [-0.3, -0.25) is 0 Å². The molecule has 0 fully saturated rings. The second kappa shape index (κ2) is 6.19. The first kappa shape index (κ1) is 14.0. The largest absolute Gasteiger partial charge is 0.497 e. The lowest BCUT2D eigenvalue weighted by Gasteiger charge is -2.29.